The predicted molar refractivity (Wildman–Crippen MR) is 85.5 cm³/mol. The predicted octanol–water partition coefficient (Wildman–Crippen LogP) is 3.74. The number of hydrogen-bond donors (Lipinski definition) is 0. The molecule has 0 N–H and O–H groups in total. The van der Waals surface area contributed by atoms with Crippen LogP contribution in [0.4, 0.5) is 19.3 Å². The van der Waals surface area contributed by atoms with Gasteiger partial charge in [0, 0.05) is 23.2 Å². The van der Waals surface area contributed by atoms with Gasteiger partial charge in [-0.05, 0) is 19.9 Å². The van der Waals surface area contributed by atoms with Gasteiger partial charge in [0.05, 0.1) is 5.69 Å². The van der Waals surface area contributed by atoms with Crippen molar-refractivity contribution in [2.45, 2.75) is 25.6 Å². The first-order valence-electron chi connectivity index (χ1n) is 7.92. The molecule has 4 rings (SSSR count). The quantitative estimate of drug-likeness (QED) is 0.832. The van der Waals surface area contributed by atoms with Gasteiger partial charge in [-0.25, -0.2) is 18.4 Å². The second-order valence-corrected chi connectivity index (χ2v) is 6.23. The number of carbonyl (C=O) groups is 1. The third kappa shape index (κ3) is 2.09. The van der Waals surface area contributed by atoms with Crippen LogP contribution in [0.3, 0.4) is 0 Å². The Morgan fingerprint density at radius 3 is 2.48 bits per heavy atom. The number of fused-ring (bicyclic) bond motifs is 3. The van der Waals surface area contributed by atoms with Crippen molar-refractivity contribution in [1.82, 2.24) is 5.06 Å². The third-order valence-electron chi connectivity index (χ3n) is 4.46. The fraction of sp³-hybridized carbons (Fsp3) is 0.278. The van der Waals surface area contributed by atoms with Crippen LogP contribution in [0.5, 0.6) is 0 Å². The van der Waals surface area contributed by atoms with E-state index in [4.69, 9.17) is 9.57 Å². The lowest BCUT2D eigenvalue weighted by Gasteiger charge is -2.45. The highest BCUT2D eigenvalue weighted by molar-refractivity contribution is 5.96. The van der Waals surface area contributed by atoms with Crippen LogP contribution in [0.1, 0.15) is 25.0 Å². The summed E-state index contributed by atoms with van der Waals surface area (Å²) in [5, 5.41) is 1.10. The fourth-order valence-corrected chi connectivity index (χ4v) is 3.42. The maximum Gasteiger partial charge on any atom is 0.352 e. The van der Waals surface area contributed by atoms with E-state index in [1.165, 1.54) is 4.90 Å². The molecule has 2 aromatic carbocycles. The number of carbonyl (C=O) groups excluding carboxylic acids is 1. The largest absolute Gasteiger partial charge is 0.352 e. The zero-order chi connectivity index (χ0) is 17.8. The van der Waals surface area contributed by atoms with Crippen LogP contribution < -0.4 is 4.90 Å². The molecule has 2 amide bonds. The number of anilines is 1. The van der Waals surface area contributed by atoms with Gasteiger partial charge in [-0.2, -0.15) is 5.06 Å². The minimum absolute atomic E-state index is 0.176. The number of nitrogens with zero attached hydrogens (tertiary/aromatic N) is 2. The van der Waals surface area contributed by atoms with Gasteiger partial charge in [0.15, 0.2) is 18.4 Å². The Kier molecular flexibility index (Phi) is 3.52. The van der Waals surface area contributed by atoms with E-state index in [0.29, 0.717) is 11.1 Å². The van der Waals surface area contributed by atoms with Crippen LogP contribution in [0, 0.1) is 11.6 Å². The molecule has 1 unspecified atom stereocenters. The molecule has 2 aromatic rings. The molecule has 1 atom stereocenters. The second-order valence-electron chi connectivity index (χ2n) is 6.23. The lowest BCUT2D eigenvalue weighted by molar-refractivity contribution is -0.118. The minimum atomic E-state index is -1.45. The third-order valence-corrected chi connectivity index (χ3v) is 4.46. The van der Waals surface area contributed by atoms with E-state index in [-0.39, 0.29) is 18.5 Å². The monoisotopic (exact) mass is 346 g/mol. The van der Waals surface area contributed by atoms with Gasteiger partial charge in [0.1, 0.15) is 0 Å². The van der Waals surface area contributed by atoms with Gasteiger partial charge in [0.2, 0.25) is 5.72 Å². The molecule has 0 radical (unpaired) electrons. The van der Waals surface area contributed by atoms with E-state index in [1.807, 2.05) is 6.07 Å². The van der Waals surface area contributed by atoms with Gasteiger partial charge in [-0.3, -0.25) is 4.90 Å². The molecule has 2 aliphatic heterocycles. The van der Waals surface area contributed by atoms with Crippen molar-refractivity contribution < 1.29 is 23.1 Å². The average Bonchev–Trinajstić information content (AvgIpc) is 3.04. The lowest BCUT2D eigenvalue weighted by Crippen LogP contribution is -2.58. The van der Waals surface area contributed by atoms with Crippen LogP contribution in [0.25, 0.3) is 0 Å². The highest BCUT2D eigenvalue weighted by Gasteiger charge is 2.57. The summed E-state index contributed by atoms with van der Waals surface area (Å²) in [6.45, 7) is 3.40. The summed E-state index contributed by atoms with van der Waals surface area (Å²) in [4.78, 5) is 19.8. The SMILES string of the molecule is CC(C)N1C(=O)N2OCOC2(c2ccccc2)c2cc(F)c(F)cc21. The van der Waals surface area contributed by atoms with Crippen molar-refractivity contribution in [3.05, 3.63) is 65.2 Å². The minimum Gasteiger partial charge on any atom is -0.316 e. The standard InChI is InChI=1S/C18H16F2N2O3/c1-11(2)21-16-9-15(20)14(19)8-13(16)18(12-6-4-3-5-7-12)22(17(21)23)25-10-24-18/h3-9,11H,10H2,1-2H3. The number of benzene rings is 2. The zero-order valence-corrected chi connectivity index (χ0v) is 13.7. The zero-order valence-electron chi connectivity index (χ0n) is 13.7. The molecular formula is C18H16F2N2O3. The van der Waals surface area contributed by atoms with E-state index in [1.54, 1.807) is 38.1 Å². The highest BCUT2D eigenvalue weighted by Crippen LogP contribution is 2.50. The first kappa shape index (κ1) is 16.0. The summed E-state index contributed by atoms with van der Waals surface area (Å²) < 4.78 is 33.8. The fourth-order valence-electron chi connectivity index (χ4n) is 3.42. The van der Waals surface area contributed by atoms with Crippen molar-refractivity contribution in [3.63, 3.8) is 0 Å². The van der Waals surface area contributed by atoms with Gasteiger partial charge in [-0.1, -0.05) is 30.3 Å². The molecule has 0 aliphatic carbocycles. The van der Waals surface area contributed by atoms with E-state index in [2.05, 4.69) is 0 Å². The van der Waals surface area contributed by atoms with E-state index in [0.717, 1.165) is 17.2 Å². The van der Waals surface area contributed by atoms with Crippen LogP contribution in [-0.4, -0.2) is 23.9 Å². The van der Waals surface area contributed by atoms with Crippen molar-refractivity contribution >= 4 is 11.7 Å². The van der Waals surface area contributed by atoms with E-state index >= 15 is 0 Å². The number of ether oxygens (including phenoxy) is 1. The van der Waals surface area contributed by atoms with Gasteiger partial charge >= 0.3 is 6.03 Å². The Bertz CT molecular complexity index is 844. The summed E-state index contributed by atoms with van der Waals surface area (Å²) in [6, 6.07) is 10.2. The lowest BCUT2D eigenvalue weighted by atomic mass is 9.89. The van der Waals surface area contributed by atoms with Crippen molar-refractivity contribution in [2.75, 3.05) is 11.7 Å². The summed E-state index contributed by atoms with van der Waals surface area (Å²) >= 11 is 0. The van der Waals surface area contributed by atoms with Crippen LogP contribution in [-0.2, 0) is 15.3 Å². The van der Waals surface area contributed by atoms with Crippen molar-refractivity contribution in [1.29, 1.82) is 0 Å². The molecule has 5 nitrogen and oxygen atoms in total. The topological polar surface area (TPSA) is 42.0 Å². The van der Waals surface area contributed by atoms with Gasteiger partial charge < -0.3 is 4.74 Å². The van der Waals surface area contributed by atoms with Crippen LogP contribution >= 0.6 is 0 Å². The Morgan fingerprint density at radius 2 is 1.80 bits per heavy atom. The van der Waals surface area contributed by atoms with E-state index in [9.17, 15) is 13.6 Å². The van der Waals surface area contributed by atoms with E-state index < -0.39 is 23.4 Å². The number of hydrogen-bond acceptors (Lipinski definition) is 3. The molecule has 2 heterocycles. The Balaban J connectivity index is 2.06. The Hall–Kier alpha value is -2.51. The number of halogens is 2. The van der Waals surface area contributed by atoms with Gasteiger partial charge in [0.25, 0.3) is 0 Å². The maximum absolute atomic E-state index is 14.1. The van der Waals surface area contributed by atoms with Crippen molar-refractivity contribution in [2.24, 2.45) is 0 Å². The smallest absolute Gasteiger partial charge is 0.316 e. The first-order valence-corrected chi connectivity index (χ1v) is 7.92. The Morgan fingerprint density at radius 1 is 1.12 bits per heavy atom. The van der Waals surface area contributed by atoms with Crippen LogP contribution in [0.2, 0.25) is 0 Å². The normalized spacial score (nSPS) is 22.4. The summed E-state index contributed by atoms with van der Waals surface area (Å²) in [7, 11) is 0. The summed E-state index contributed by atoms with van der Waals surface area (Å²) in [5.74, 6) is -2.03. The number of urea groups is 1. The number of amides is 2. The molecule has 7 heteroatoms. The molecule has 130 valence electrons. The number of hydroxylamine groups is 2. The molecule has 1 saturated heterocycles. The second kappa shape index (κ2) is 5.50. The summed E-state index contributed by atoms with van der Waals surface area (Å²) in [6.07, 6.45) is 0. The molecule has 0 spiro atoms. The van der Waals surface area contributed by atoms with Gasteiger partial charge in [-0.15, -0.1) is 0 Å². The van der Waals surface area contributed by atoms with Crippen molar-refractivity contribution in [3.8, 4) is 0 Å². The molecule has 0 aromatic heterocycles. The Labute approximate surface area is 143 Å². The maximum atomic E-state index is 14.1. The molecule has 1 fully saturated rings. The first-order chi connectivity index (χ1) is 12.0. The molecule has 0 bridgehead atoms. The molecular weight excluding hydrogens is 330 g/mol. The molecule has 25 heavy (non-hydrogen) atoms. The average molecular weight is 346 g/mol. The molecule has 0 saturated carbocycles. The number of rotatable bonds is 2. The summed E-state index contributed by atoms with van der Waals surface area (Å²) in [5.41, 5.74) is -0.266. The molecule has 2 aliphatic rings. The van der Waals surface area contributed by atoms with Crippen LogP contribution in [0.15, 0.2) is 42.5 Å². The highest BCUT2D eigenvalue weighted by atomic mass is 19.2.